The fourth-order valence-corrected chi connectivity index (χ4v) is 2.14. The molecule has 4 heteroatoms. The predicted octanol–water partition coefficient (Wildman–Crippen LogP) is 3.49. The number of hydrogen-bond acceptors (Lipinski definition) is 2. The van der Waals surface area contributed by atoms with Crippen molar-refractivity contribution >= 4 is 11.7 Å². The summed E-state index contributed by atoms with van der Waals surface area (Å²) in [6.07, 6.45) is 4.38. The molecule has 0 spiro atoms. The van der Waals surface area contributed by atoms with Gasteiger partial charge in [-0.1, -0.05) is 12.1 Å². The first-order chi connectivity index (χ1) is 10.2. The minimum absolute atomic E-state index is 0.0582. The zero-order valence-corrected chi connectivity index (χ0v) is 12.5. The van der Waals surface area contributed by atoms with E-state index in [1.54, 1.807) is 12.4 Å². The van der Waals surface area contributed by atoms with Gasteiger partial charge in [-0.3, -0.25) is 4.98 Å². The lowest BCUT2D eigenvalue weighted by atomic mass is 10.2. The molecule has 1 N–H and O–H groups in total. The summed E-state index contributed by atoms with van der Waals surface area (Å²) in [6.45, 7) is 5.37. The summed E-state index contributed by atoms with van der Waals surface area (Å²) in [7, 11) is 0. The number of amides is 2. The summed E-state index contributed by atoms with van der Waals surface area (Å²) in [6, 6.07) is 11.7. The van der Waals surface area contributed by atoms with Crippen molar-refractivity contribution in [3.63, 3.8) is 0 Å². The van der Waals surface area contributed by atoms with Crippen LogP contribution in [0.5, 0.6) is 0 Å². The van der Waals surface area contributed by atoms with Gasteiger partial charge in [0, 0.05) is 31.2 Å². The normalized spacial score (nSPS) is 10.2. The van der Waals surface area contributed by atoms with Gasteiger partial charge in [0.05, 0.1) is 0 Å². The summed E-state index contributed by atoms with van der Waals surface area (Å²) in [5.41, 5.74) is 3.15. The maximum absolute atomic E-state index is 12.3. The highest BCUT2D eigenvalue weighted by Crippen LogP contribution is 2.10. The van der Waals surface area contributed by atoms with E-state index in [9.17, 15) is 4.79 Å². The zero-order chi connectivity index (χ0) is 15.1. The van der Waals surface area contributed by atoms with Crippen molar-refractivity contribution in [2.75, 3.05) is 18.4 Å². The molecule has 21 heavy (non-hydrogen) atoms. The number of aryl methyl sites for hydroxylation is 1. The molecule has 2 rings (SSSR count). The number of nitrogens with one attached hydrogen (secondary N) is 1. The van der Waals surface area contributed by atoms with Crippen molar-refractivity contribution in [2.45, 2.75) is 20.3 Å². The maximum Gasteiger partial charge on any atom is 0.321 e. The molecule has 1 aromatic carbocycles. The summed E-state index contributed by atoms with van der Waals surface area (Å²) in [4.78, 5) is 18.1. The average Bonchev–Trinajstić information content (AvgIpc) is 2.49. The average molecular weight is 283 g/mol. The van der Waals surface area contributed by atoms with Crippen molar-refractivity contribution in [3.05, 3.63) is 59.9 Å². The maximum atomic E-state index is 12.3. The molecule has 2 amide bonds. The molecule has 0 radical (unpaired) electrons. The van der Waals surface area contributed by atoms with E-state index in [4.69, 9.17) is 0 Å². The lowest BCUT2D eigenvalue weighted by molar-refractivity contribution is 0.215. The van der Waals surface area contributed by atoms with Crippen molar-refractivity contribution < 1.29 is 4.79 Å². The molecular formula is C17H21N3O. The molecule has 0 saturated carbocycles. The molecule has 0 atom stereocenters. The molecule has 0 aliphatic heterocycles. The summed E-state index contributed by atoms with van der Waals surface area (Å²) < 4.78 is 0. The van der Waals surface area contributed by atoms with E-state index in [1.807, 2.05) is 55.1 Å². The number of nitrogens with zero attached hydrogens (tertiary/aromatic N) is 2. The fraction of sp³-hybridized carbons (Fsp3) is 0.294. The number of pyridine rings is 1. The van der Waals surface area contributed by atoms with Crippen LogP contribution in [0.15, 0.2) is 48.8 Å². The molecule has 0 unspecified atom stereocenters. The van der Waals surface area contributed by atoms with Crippen LogP contribution < -0.4 is 5.32 Å². The van der Waals surface area contributed by atoms with Crippen LogP contribution in [0.2, 0.25) is 0 Å². The van der Waals surface area contributed by atoms with E-state index in [2.05, 4.69) is 10.3 Å². The number of likely N-dealkylation sites (N-methyl/N-ethyl adjacent to an activating group) is 1. The van der Waals surface area contributed by atoms with Gasteiger partial charge in [-0.15, -0.1) is 0 Å². The number of aromatic nitrogens is 1. The van der Waals surface area contributed by atoms with Crippen molar-refractivity contribution in [2.24, 2.45) is 0 Å². The molecule has 0 fully saturated rings. The Labute approximate surface area is 125 Å². The Kier molecular flexibility index (Phi) is 5.32. The lowest BCUT2D eigenvalue weighted by Crippen LogP contribution is -2.36. The zero-order valence-electron chi connectivity index (χ0n) is 12.5. The summed E-state index contributed by atoms with van der Waals surface area (Å²) >= 11 is 0. The highest BCUT2D eigenvalue weighted by molar-refractivity contribution is 5.89. The predicted molar refractivity (Wildman–Crippen MR) is 85.4 cm³/mol. The first-order valence-corrected chi connectivity index (χ1v) is 7.20. The lowest BCUT2D eigenvalue weighted by Gasteiger charge is -2.21. The van der Waals surface area contributed by atoms with Gasteiger partial charge in [-0.2, -0.15) is 0 Å². The van der Waals surface area contributed by atoms with Gasteiger partial charge in [0.2, 0.25) is 0 Å². The van der Waals surface area contributed by atoms with Crippen LogP contribution >= 0.6 is 0 Å². The van der Waals surface area contributed by atoms with E-state index in [0.717, 1.165) is 17.7 Å². The second kappa shape index (κ2) is 7.43. The van der Waals surface area contributed by atoms with Crippen LogP contribution in [0.3, 0.4) is 0 Å². The van der Waals surface area contributed by atoms with Gasteiger partial charge in [0.15, 0.2) is 0 Å². The van der Waals surface area contributed by atoms with Crippen molar-refractivity contribution in [1.29, 1.82) is 0 Å². The highest BCUT2D eigenvalue weighted by Gasteiger charge is 2.11. The molecule has 2 aromatic rings. The van der Waals surface area contributed by atoms with Gasteiger partial charge in [0.1, 0.15) is 0 Å². The molecule has 0 aliphatic rings. The monoisotopic (exact) mass is 283 g/mol. The fourth-order valence-electron chi connectivity index (χ4n) is 2.14. The topological polar surface area (TPSA) is 45.2 Å². The number of benzene rings is 1. The Hall–Kier alpha value is -2.36. The second-order valence-electron chi connectivity index (χ2n) is 4.98. The molecule has 0 saturated heterocycles. The van der Waals surface area contributed by atoms with Crippen molar-refractivity contribution in [1.82, 2.24) is 9.88 Å². The molecule has 0 bridgehead atoms. The number of anilines is 1. The molecule has 0 aliphatic carbocycles. The van der Waals surface area contributed by atoms with E-state index in [1.165, 1.54) is 5.56 Å². The third-order valence-electron chi connectivity index (χ3n) is 3.36. The van der Waals surface area contributed by atoms with Crippen LogP contribution in [-0.2, 0) is 6.42 Å². The Bertz CT molecular complexity index is 584. The van der Waals surface area contributed by atoms with Gasteiger partial charge < -0.3 is 10.2 Å². The smallest absolute Gasteiger partial charge is 0.321 e. The standard InChI is InChI=1S/C17H21N3O/c1-3-20(12-9-15-7-10-18-11-8-15)17(21)19-16-6-4-5-14(2)13-16/h4-8,10-11,13H,3,9,12H2,1-2H3,(H,19,21). The second-order valence-corrected chi connectivity index (χ2v) is 4.98. The largest absolute Gasteiger partial charge is 0.324 e. The molecule has 1 heterocycles. The Morgan fingerprint density at radius 2 is 2.00 bits per heavy atom. The minimum Gasteiger partial charge on any atom is -0.324 e. The molecule has 110 valence electrons. The SMILES string of the molecule is CCN(CCc1ccncc1)C(=O)Nc1cccc(C)c1. The Balaban J connectivity index is 1.92. The number of carbonyl (C=O) groups excluding carboxylic acids is 1. The third kappa shape index (κ3) is 4.60. The van der Waals surface area contributed by atoms with Crippen molar-refractivity contribution in [3.8, 4) is 0 Å². The number of hydrogen-bond donors (Lipinski definition) is 1. The molecule has 4 nitrogen and oxygen atoms in total. The Morgan fingerprint density at radius 1 is 1.24 bits per heavy atom. The van der Waals surface area contributed by atoms with Gasteiger partial charge >= 0.3 is 6.03 Å². The van der Waals surface area contributed by atoms with Crippen LogP contribution in [0.4, 0.5) is 10.5 Å². The first-order valence-electron chi connectivity index (χ1n) is 7.20. The van der Waals surface area contributed by atoms with E-state index in [-0.39, 0.29) is 6.03 Å². The third-order valence-corrected chi connectivity index (χ3v) is 3.36. The minimum atomic E-state index is -0.0582. The highest BCUT2D eigenvalue weighted by atomic mass is 16.2. The number of rotatable bonds is 5. The van der Waals surface area contributed by atoms with Crippen LogP contribution in [0.25, 0.3) is 0 Å². The summed E-state index contributed by atoms with van der Waals surface area (Å²) in [5, 5.41) is 2.94. The first kappa shape index (κ1) is 15.0. The van der Waals surface area contributed by atoms with Crippen LogP contribution in [-0.4, -0.2) is 29.0 Å². The Morgan fingerprint density at radius 3 is 2.67 bits per heavy atom. The summed E-state index contributed by atoms with van der Waals surface area (Å²) in [5.74, 6) is 0. The van der Waals surface area contributed by atoms with E-state index in [0.29, 0.717) is 13.1 Å². The molecule has 1 aromatic heterocycles. The van der Waals surface area contributed by atoms with E-state index < -0.39 is 0 Å². The number of urea groups is 1. The van der Waals surface area contributed by atoms with Crippen LogP contribution in [0.1, 0.15) is 18.1 Å². The van der Waals surface area contributed by atoms with Crippen LogP contribution in [0, 0.1) is 6.92 Å². The van der Waals surface area contributed by atoms with Gasteiger partial charge in [0.25, 0.3) is 0 Å². The van der Waals surface area contributed by atoms with Gasteiger partial charge in [-0.05, 0) is 55.7 Å². The molecular weight excluding hydrogens is 262 g/mol. The number of carbonyl (C=O) groups is 1. The van der Waals surface area contributed by atoms with Gasteiger partial charge in [-0.25, -0.2) is 4.79 Å². The quantitative estimate of drug-likeness (QED) is 0.913. The van der Waals surface area contributed by atoms with E-state index >= 15 is 0 Å².